The van der Waals surface area contributed by atoms with E-state index in [4.69, 9.17) is 5.11 Å². The van der Waals surface area contributed by atoms with Gasteiger partial charge in [-0.15, -0.1) is 0 Å². The quantitative estimate of drug-likeness (QED) is 0.552. The lowest BCUT2D eigenvalue weighted by atomic mass is 9.91. The number of carbonyl (C=O) groups is 1. The van der Waals surface area contributed by atoms with Crippen LogP contribution in [0.3, 0.4) is 0 Å². The summed E-state index contributed by atoms with van der Waals surface area (Å²) >= 11 is 0. The maximum absolute atomic E-state index is 10.5. The van der Waals surface area contributed by atoms with Crippen molar-refractivity contribution in [2.75, 3.05) is 0 Å². The fourth-order valence-corrected chi connectivity index (χ4v) is 1.94. The van der Waals surface area contributed by atoms with Crippen LogP contribution < -0.4 is 0 Å². The molecule has 15 heavy (non-hydrogen) atoms. The van der Waals surface area contributed by atoms with Gasteiger partial charge in [0.05, 0.1) is 0 Å². The molecule has 0 bridgehead atoms. The molecule has 0 saturated carbocycles. The molecular formula is C13H26O2. The summed E-state index contributed by atoms with van der Waals surface area (Å²) in [6.07, 6.45) is 9.93. The van der Waals surface area contributed by atoms with Crippen molar-refractivity contribution < 1.29 is 9.90 Å². The van der Waals surface area contributed by atoms with Crippen LogP contribution in [0.15, 0.2) is 0 Å². The van der Waals surface area contributed by atoms with Crippen LogP contribution in [0.1, 0.15) is 71.6 Å². The first-order valence-electron chi connectivity index (χ1n) is 6.42. The molecule has 0 amide bonds. The van der Waals surface area contributed by atoms with Crippen molar-refractivity contribution >= 4 is 5.97 Å². The molecule has 0 heterocycles. The van der Waals surface area contributed by atoms with Crippen LogP contribution in [0, 0.1) is 5.92 Å². The predicted octanol–water partition coefficient (Wildman–Crippen LogP) is 4.24. The van der Waals surface area contributed by atoms with Gasteiger partial charge >= 0.3 is 5.97 Å². The van der Waals surface area contributed by atoms with Crippen LogP contribution in [0.4, 0.5) is 0 Å². The van der Waals surface area contributed by atoms with Gasteiger partial charge in [0.1, 0.15) is 0 Å². The van der Waals surface area contributed by atoms with Gasteiger partial charge in [-0.25, -0.2) is 0 Å². The zero-order chi connectivity index (χ0) is 11.5. The van der Waals surface area contributed by atoms with E-state index >= 15 is 0 Å². The molecule has 2 nitrogen and oxygen atoms in total. The minimum absolute atomic E-state index is 0.348. The Balaban J connectivity index is 3.67. The van der Waals surface area contributed by atoms with Crippen molar-refractivity contribution in [3.8, 4) is 0 Å². The molecule has 0 aromatic heterocycles. The Labute approximate surface area is 94.1 Å². The van der Waals surface area contributed by atoms with Gasteiger partial charge in [0.25, 0.3) is 0 Å². The average Bonchev–Trinajstić information content (AvgIpc) is 2.21. The van der Waals surface area contributed by atoms with E-state index < -0.39 is 5.97 Å². The van der Waals surface area contributed by atoms with Crippen molar-refractivity contribution in [3.63, 3.8) is 0 Å². The van der Waals surface area contributed by atoms with Crippen molar-refractivity contribution in [2.24, 2.45) is 5.92 Å². The topological polar surface area (TPSA) is 37.3 Å². The predicted molar refractivity (Wildman–Crippen MR) is 64.0 cm³/mol. The molecule has 0 aromatic carbocycles. The largest absolute Gasteiger partial charge is 0.481 e. The number of carboxylic acid groups (broad SMARTS) is 1. The van der Waals surface area contributed by atoms with E-state index in [2.05, 4.69) is 13.8 Å². The Kier molecular flexibility index (Phi) is 9.65. The number of rotatable bonds is 10. The standard InChI is InChI=1S/C13H26O2/c1-3-5-7-9-12(8-6-4-2)10-11-13(14)15/h12H,3-11H2,1-2H3,(H,14,15). The molecular weight excluding hydrogens is 188 g/mol. The van der Waals surface area contributed by atoms with Crippen LogP contribution >= 0.6 is 0 Å². The molecule has 0 saturated heterocycles. The van der Waals surface area contributed by atoms with E-state index in [1.54, 1.807) is 0 Å². The fraction of sp³-hybridized carbons (Fsp3) is 0.923. The zero-order valence-corrected chi connectivity index (χ0v) is 10.3. The third-order valence-electron chi connectivity index (χ3n) is 2.95. The van der Waals surface area contributed by atoms with Gasteiger partial charge in [-0.05, 0) is 12.3 Å². The van der Waals surface area contributed by atoms with Gasteiger partial charge < -0.3 is 5.11 Å². The van der Waals surface area contributed by atoms with Crippen LogP contribution in [-0.2, 0) is 4.79 Å². The maximum Gasteiger partial charge on any atom is 0.303 e. The van der Waals surface area contributed by atoms with E-state index in [0.29, 0.717) is 12.3 Å². The highest BCUT2D eigenvalue weighted by Crippen LogP contribution is 2.21. The smallest absolute Gasteiger partial charge is 0.303 e. The second-order valence-corrected chi connectivity index (χ2v) is 4.44. The summed E-state index contributed by atoms with van der Waals surface area (Å²) in [5, 5.41) is 8.66. The molecule has 0 aromatic rings. The summed E-state index contributed by atoms with van der Waals surface area (Å²) in [4.78, 5) is 10.5. The van der Waals surface area contributed by atoms with Crippen LogP contribution in [0.25, 0.3) is 0 Å². The summed E-state index contributed by atoms with van der Waals surface area (Å²) in [7, 11) is 0. The number of hydrogen-bond donors (Lipinski definition) is 1. The molecule has 0 rings (SSSR count). The number of carboxylic acids is 1. The Morgan fingerprint density at radius 1 is 1.00 bits per heavy atom. The number of hydrogen-bond acceptors (Lipinski definition) is 1. The first-order chi connectivity index (χ1) is 7.20. The Hall–Kier alpha value is -0.530. The lowest BCUT2D eigenvalue weighted by Crippen LogP contribution is -2.05. The summed E-state index contributed by atoms with van der Waals surface area (Å²) in [5.74, 6) is -0.000380. The van der Waals surface area contributed by atoms with E-state index in [-0.39, 0.29) is 0 Å². The van der Waals surface area contributed by atoms with E-state index in [1.807, 2.05) is 0 Å². The highest BCUT2D eigenvalue weighted by atomic mass is 16.4. The minimum Gasteiger partial charge on any atom is -0.481 e. The van der Waals surface area contributed by atoms with Crippen molar-refractivity contribution in [3.05, 3.63) is 0 Å². The van der Waals surface area contributed by atoms with Gasteiger partial charge in [0.2, 0.25) is 0 Å². The molecule has 1 unspecified atom stereocenters. The Morgan fingerprint density at radius 3 is 2.13 bits per heavy atom. The van der Waals surface area contributed by atoms with Gasteiger partial charge in [-0.2, -0.15) is 0 Å². The van der Waals surface area contributed by atoms with Crippen LogP contribution in [0.2, 0.25) is 0 Å². The highest BCUT2D eigenvalue weighted by molar-refractivity contribution is 5.66. The van der Waals surface area contributed by atoms with Gasteiger partial charge in [-0.1, -0.05) is 58.8 Å². The highest BCUT2D eigenvalue weighted by Gasteiger charge is 2.09. The SMILES string of the molecule is CCCCCC(CCCC)CCC(=O)O. The first-order valence-corrected chi connectivity index (χ1v) is 6.42. The normalized spacial score (nSPS) is 12.7. The van der Waals surface area contributed by atoms with Gasteiger partial charge in [0.15, 0.2) is 0 Å². The number of unbranched alkanes of at least 4 members (excludes halogenated alkanes) is 3. The van der Waals surface area contributed by atoms with Crippen LogP contribution in [0.5, 0.6) is 0 Å². The minimum atomic E-state index is -0.646. The van der Waals surface area contributed by atoms with Gasteiger partial charge in [0, 0.05) is 6.42 Å². The zero-order valence-electron chi connectivity index (χ0n) is 10.3. The monoisotopic (exact) mass is 214 g/mol. The molecule has 0 aliphatic rings. The molecule has 0 spiro atoms. The Morgan fingerprint density at radius 2 is 1.60 bits per heavy atom. The lowest BCUT2D eigenvalue weighted by molar-refractivity contribution is -0.137. The Bertz CT molecular complexity index is 155. The molecule has 0 radical (unpaired) electrons. The molecule has 0 aliphatic heterocycles. The molecule has 90 valence electrons. The third kappa shape index (κ3) is 9.77. The van der Waals surface area contributed by atoms with Crippen molar-refractivity contribution in [2.45, 2.75) is 71.6 Å². The number of aliphatic carboxylic acids is 1. The van der Waals surface area contributed by atoms with E-state index in [1.165, 1.54) is 44.9 Å². The molecule has 1 N–H and O–H groups in total. The second kappa shape index (κ2) is 10.0. The maximum atomic E-state index is 10.5. The molecule has 1 atom stereocenters. The average molecular weight is 214 g/mol. The summed E-state index contributed by atoms with van der Waals surface area (Å²) in [6, 6.07) is 0. The lowest BCUT2D eigenvalue weighted by Gasteiger charge is -2.15. The summed E-state index contributed by atoms with van der Waals surface area (Å²) in [6.45, 7) is 4.40. The van der Waals surface area contributed by atoms with E-state index in [0.717, 1.165) is 6.42 Å². The molecule has 0 fully saturated rings. The van der Waals surface area contributed by atoms with Crippen molar-refractivity contribution in [1.29, 1.82) is 0 Å². The van der Waals surface area contributed by atoms with Crippen molar-refractivity contribution in [1.82, 2.24) is 0 Å². The third-order valence-corrected chi connectivity index (χ3v) is 2.95. The summed E-state index contributed by atoms with van der Waals surface area (Å²) in [5.41, 5.74) is 0. The molecule has 0 aliphatic carbocycles. The summed E-state index contributed by atoms with van der Waals surface area (Å²) < 4.78 is 0. The van der Waals surface area contributed by atoms with Gasteiger partial charge in [-0.3, -0.25) is 4.79 Å². The van der Waals surface area contributed by atoms with E-state index in [9.17, 15) is 4.79 Å². The van der Waals surface area contributed by atoms with Crippen LogP contribution in [-0.4, -0.2) is 11.1 Å². The molecule has 2 heteroatoms. The second-order valence-electron chi connectivity index (χ2n) is 4.44. The first kappa shape index (κ1) is 14.5. The fourth-order valence-electron chi connectivity index (χ4n) is 1.94.